The van der Waals surface area contributed by atoms with E-state index in [0.717, 1.165) is 11.0 Å². The van der Waals surface area contributed by atoms with Gasteiger partial charge in [-0.25, -0.2) is 4.79 Å². The molecule has 1 aliphatic rings. The molecule has 0 radical (unpaired) electrons. The first-order valence-electron chi connectivity index (χ1n) is 7.60. The quantitative estimate of drug-likeness (QED) is 0.867. The van der Waals surface area contributed by atoms with E-state index in [1.54, 1.807) is 6.92 Å². The first kappa shape index (κ1) is 16.8. The van der Waals surface area contributed by atoms with Crippen LogP contribution in [0, 0.1) is 0 Å². The Labute approximate surface area is 132 Å². The number of alkyl carbamates (subject to hydrolysis) is 1. The molecule has 0 atom stereocenters. The molecule has 1 saturated heterocycles. The van der Waals surface area contributed by atoms with Gasteiger partial charge in [-0.3, -0.25) is 0 Å². The van der Waals surface area contributed by atoms with Crippen LogP contribution in [0.1, 0.15) is 40.2 Å². The van der Waals surface area contributed by atoms with Crippen LogP contribution in [0.15, 0.2) is 24.3 Å². The van der Waals surface area contributed by atoms with Crippen molar-refractivity contribution in [3.05, 3.63) is 29.8 Å². The Hall–Kier alpha value is -1.53. The zero-order valence-electron chi connectivity index (χ0n) is 13.9. The first-order chi connectivity index (χ1) is 10.2. The highest BCUT2D eigenvalue weighted by Gasteiger charge is 2.51. The van der Waals surface area contributed by atoms with E-state index in [2.05, 4.69) is 5.32 Å². The van der Waals surface area contributed by atoms with Gasteiger partial charge in [0.1, 0.15) is 0 Å². The average Bonchev–Trinajstić information content (AvgIpc) is 2.66. The number of amides is 1. The van der Waals surface area contributed by atoms with Crippen molar-refractivity contribution in [2.75, 3.05) is 6.61 Å². The molecule has 1 fully saturated rings. The SMILES string of the molecule is CCOC(=O)NCc1cccc(B2OC(C)(C)C(C)(C)O2)c1. The minimum Gasteiger partial charge on any atom is -0.450 e. The van der Waals surface area contributed by atoms with Gasteiger partial charge in [0.25, 0.3) is 0 Å². The molecule has 0 spiro atoms. The Morgan fingerprint density at radius 2 is 1.86 bits per heavy atom. The third-order valence-corrected chi connectivity index (χ3v) is 4.19. The van der Waals surface area contributed by atoms with Crippen LogP contribution >= 0.6 is 0 Å². The lowest BCUT2D eigenvalue weighted by molar-refractivity contribution is 0.00578. The zero-order chi connectivity index (χ0) is 16.4. The molecule has 1 amide bonds. The van der Waals surface area contributed by atoms with Crippen molar-refractivity contribution in [1.29, 1.82) is 0 Å². The van der Waals surface area contributed by atoms with Gasteiger partial charge in [0, 0.05) is 6.54 Å². The van der Waals surface area contributed by atoms with Crippen molar-refractivity contribution >= 4 is 18.7 Å². The maximum atomic E-state index is 11.3. The molecule has 5 nitrogen and oxygen atoms in total. The van der Waals surface area contributed by atoms with E-state index >= 15 is 0 Å². The Kier molecular flexibility index (Phi) is 4.82. The second-order valence-electron chi connectivity index (χ2n) is 6.41. The van der Waals surface area contributed by atoms with E-state index in [1.807, 2.05) is 52.0 Å². The van der Waals surface area contributed by atoms with Crippen molar-refractivity contribution < 1.29 is 18.8 Å². The largest absolute Gasteiger partial charge is 0.494 e. The topological polar surface area (TPSA) is 56.8 Å². The van der Waals surface area contributed by atoms with Crippen LogP contribution in [-0.4, -0.2) is 31.0 Å². The van der Waals surface area contributed by atoms with Gasteiger partial charge >= 0.3 is 13.2 Å². The predicted molar refractivity (Wildman–Crippen MR) is 86.0 cm³/mol. The summed E-state index contributed by atoms with van der Waals surface area (Å²) in [5.74, 6) is 0. The highest BCUT2D eigenvalue weighted by molar-refractivity contribution is 6.62. The second-order valence-corrected chi connectivity index (χ2v) is 6.41. The first-order valence-corrected chi connectivity index (χ1v) is 7.60. The maximum Gasteiger partial charge on any atom is 0.494 e. The Bertz CT molecular complexity index is 529. The van der Waals surface area contributed by atoms with Crippen LogP contribution < -0.4 is 10.8 Å². The van der Waals surface area contributed by atoms with Crippen molar-refractivity contribution in [3.63, 3.8) is 0 Å². The van der Waals surface area contributed by atoms with Gasteiger partial charge in [-0.1, -0.05) is 24.3 Å². The molecular formula is C16H24BNO4. The summed E-state index contributed by atoms with van der Waals surface area (Å²) in [5.41, 5.74) is 1.19. The molecule has 6 heteroatoms. The molecule has 1 N–H and O–H groups in total. The Morgan fingerprint density at radius 1 is 1.23 bits per heavy atom. The van der Waals surface area contributed by atoms with Crippen molar-refractivity contribution in [1.82, 2.24) is 5.32 Å². The fraction of sp³-hybridized carbons (Fsp3) is 0.562. The minimum atomic E-state index is -0.413. The van der Waals surface area contributed by atoms with Crippen LogP contribution in [0.4, 0.5) is 4.79 Å². The lowest BCUT2D eigenvalue weighted by atomic mass is 9.78. The molecule has 22 heavy (non-hydrogen) atoms. The number of hydrogen-bond donors (Lipinski definition) is 1. The lowest BCUT2D eigenvalue weighted by Crippen LogP contribution is -2.41. The maximum absolute atomic E-state index is 11.3. The van der Waals surface area contributed by atoms with E-state index in [-0.39, 0.29) is 11.2 Å². The summed E-state index contributed by atoms with van der Waals surface area (Å²) >= 11 is 0. The molecule has 0 bridgehead atoms. The minimum absolute atomic E-state index is 0.361. The van der Waals surface area contributed by atoms with E-state index in [0.29, 0.717) is 13.2 Å². The summed E-state index contributed by atoms with van der Waals surface area (Å²) in [6, 6.07) is 7.83. The summed E-state index contributed by atoms with van der Waals surface area (Å²) < 4.78 is 16.9. The number of ether oxygens (including phenoxy) is 1. The van der Waals surface area contributed by atoms with Crippen molar-refractivity contribution in [3.8, 4) is 0 Å². The van der Waals surface area contributed by atoms with Gasteiger partial charge in [0.2, 0.25) is 0 Å². The average molecular weight is 305 g/mol. The molecule has 0 unspecified atom stereocenters. The summed E-state index contributed by atoms with van der Waals surface area (Å²) in [4.78, 5) is 11.3. The van der Waals surface area contributed by atoms with E-state index in [9.17, 15) is 4.79 Å². The smallest absolute Gasteiger partial charge is 0.450 e. The fourth-order valence-corrected chi connectivity index (χ4v) is 2.19. The molecule has 1 aromatic carbocycles. The number of hydrogen-bond acceptors (Lipinski definition) is 4. The number of benzene rings is 1. The Morgan fingerprint density at radius 3 is 2.45 bits per heavy atom. The van der Waals surface area contributed by atoms with E-state index in [1.165, 1.54) is 0 Å². The Balaban J connectivity index is 2.05. The molecule has 0 aliphatic carbocycles. The second kappa shape index (κ2) is 6.30. The van der Waals surface area contributed by atoms with Crippen LogP contribution in [0.5, 0.6) is 0 Å². The summed E-state index contributed by atoms with van der Waals surface area (Å²) in [7, 11) is -0.396. The third-order valence-electron chi connectivity index (χ3n) is 4.19. The normalized spacial score (nSPS) is 19.0. The van der Waals surface area contributed by atoms with Crippen LogP contribution in [0.25, 0.3) is 0 Å². The molecule has 1 heterocycles. The van der Waals surface area contributed by atoms with Gasteiger partial charge in [0.05, 0.1) is 17.8 Å². The lowest BCUT2D eigenvalue weighted by Gasteiger charge is -2.32. The van der Waals surface area contributed by atoms with Gasteiger partial charge < -0.3 is 19.4 Å². The van der Waals surface area contributed by atoms with E-state index in [4.69, 9.17) is 14.0 Å². The number of carbonyl (C=O) groups is 1. The van der Waals surface area contributed by atoms with Gasteiger partial charge in [-0.2, -0.15) is 0 Å². The molecule has 2 rings (SSSR count). The zero-order valence-corrected chi connectivity index (χ0v) is 13.9. The molecular weight excluding hydrogens is 281 g/mol. The van der Waals surface area contributed by atoms with Crippen LogP contribution in [-0.2, 0) is 20.6 Å². The van der Waals surface area contributed by atoms with Gasteiger partial charge in [-0.05, 0) is 45.6 Å². The highest BCUT2D eigenvalue weighted by Crippen LogP contribution is 2.36. The number of carbonyl (C=O) groups excluding carboxylic acids is 1. The molecule has 120 valence electrons. The van der Waals surface area contributed by atoms with Crippen molar-refractivity contribution in [2.45, 2.75) is 52.4 Å². The predicted octanol–water partition coefficient (Wildman–Crippen LogP) is 2.23. The summed E-state index contributed by atoms with van der Waals surface area (Å²) in [6.45, 7) is 10.7. The number of rotatable bonds is 4. The van der Waals surface area contributed by atoms with Gasteiger partial charge in [0.15, 0.2) is 0 Å². The van der Waals surface area contributed by atoms with Crippen LogP contribution in [0.3, 0.4) is 0 Å². The highest BCUT2D eigenvalue weighted by atomic mass is 16.7. The molecule has 0 aromatic heterocycles. The summed E-state index contributed by atoms with van der Waals surface area (Å²) in [6.07, 6.45) is -0.413. The third kappa shape index (κ3) is 3.62. The molecule has 1 aliphatic heterocycles. The van der Waals surface area contributed by atoms with Gasteiger partial charge in [-0.15, -0.1) is 0 Å². The van der Waals surface area contributed by atoms with E-state index < -0.39 is 13.2 Å². The monoisotopic (exact) mass is 305 g/mol. The fourth-order valence-electron chi connectivity index (χ4n) is 2.19. The molecule has 1 aromatic rings. The standard InChI is InChI=1S/C16H24BNO4/c1-6-20-14(19)18-11-12-8-7-9-13(10-12)17-21-15(2,3)16(4,5)22-17/h7-10H,6,11H2,1-5H3,(H,18,19). The van der Waals surface area contributed by atoms with Crippen molar-refractivity contribution in [2.24, 2.45) is 0 Å². The summed E-state index contributed by atoms with van der Waals surface area (Å²) in [5, 5.41) is 2.71. The molecule has 0 saturated carbocycles. The van der Waals surface area contributed by atoms with Crippen LogP contribution in [0.2, 0.25) is 0 Å². The number of nitrogens with one attached hydrogen (secondary N) is 1.